The number of carboxylic acid groups (broad SMARTS) is 1. The molecule has 5 heterocycles. The third-order valence-corrected chi connectivity index (χ3v) is 8.19. The number of carbonyl (C=O) groups is 3. The number of anilines is 3. The number of nitrogens with zero attached hydrogens (tertiary/aromatic N) is 4. The van der Waals surface area contributed by atoms with Gasteiger partial charge in [-0.1, -0.05) is 0 Å². The number of aromatic nitrogens is 2. The molecule has 2 saturated heterocycles. The van der Waals surface area contributed by atoms with Crippen LogP contribution in [0.5, 0.6) is 5.88 Å². The van der Waals surface area contributed by atoms with Gasteiger partial charge in [0.1, 0.15) is 11.6 Å². The molecule has 0 radical (unpaired) electrons. The van der Waals surface area contributed by atoms with Gasteiger partial charge in [0.25, 0.3) is 0 Å². The summed E-state index contributed by atoms with van der Waals surface area (Å²) in [6, 6.07) is 10.5. The standard InChI is InChI=1S/C26H26N6O6S/c1-37-23-5-3-17-24(30-23)20(6-7-27-17)31-11-16(25(34)35)19(12-31)28-9-15-10-32(26(36)38-15)14-2-4-21-18(8-14)29-22(33)13-39-21/h2-8,15-16,19,28H,9-13H2,1H3,(H,29,33)(H,34,35)/t15-,16+,19+/m1/s1. The number of aliphatic carboxylic acids is 1. The summed E-state index contributed by atoms with van der Waals surface area (Å²) >= 11 is 1.45. The van der Waals surface area contributed by atoms with Gasteiger partial charge in [0, 0.05) is 48.5 Å². The van der Waals surface area contributed by atoms with Crippen molar-refractivity contribution in [3.05, 3.63) is 42.6 Å². The van der Waals surface area contributed by atoms with Crippen LogP contribution in [0.25, 0.3) is 11.0 Å². The van der Waals surface area contributed by atoms with Gasteiger partial charge in [-0.05, 0) is 30.3 Å². The van der Waals surface area contributed by atoms with Crippen molar-refractivity contribution in [3.63, 3.8) is 0 Å². The van der Waals surface area contributed by atoms with E-state index in [1.807, 2.05) is 29.2 Å². The molecular formula is C26H26N6O6S. The van der Waals surface area contributed by atoms with Crippen molar-refractivity contribution >= 4 is 57.8 Å². The number of methoxy groups -OCH3 is 1. The number of carboxylic acids is 1. The lowest BCUT2D eigenvalue weighted by Gasteiger charge is -2.21. The van der Waals surface area contributed by atoms with Crippen LogP contribution in [0.2, 0.25) is 0 Å². The molecule has 13 heteroatoms. The molecule has 0 unspecified atom stereocenters. The van der Waals surface area contributed by atoms with Gasteiger partial charge in [0.2, 0.25) is 11.8 Å². The van der Waals surface area contributed by atoms with Crippen molar-refractivity contribution in [1.82, 2.24) is 15.3 Å². The maximum Gasteiger partial charge on any atom is 0.414 e. The Morgan fingerprint density at radius 1 is 1.23 bits per heavy atom. The number of fused-ring (bicyclic) bond motifs is 2. The highest BCUT2D eigenvalue weighted by atomic mass is 32.2. The molecule has 3 aromatic rings. The number of cyclic esters (lactones) is 1. The smallest absolute Gasteiger partial charge is 0.414 e. The number of nitrogens with one attached hydrogen (secondary N) is 2. The van der Waals surface area contributed by atoms with E-state index in [1.165, 1.54) is 16.7 Å². The van der Waals surface area contributed by atoms with E-state index >= 15 is 0 Å². The lowest BCUT2D eigenvalue weighted by atomic mass is 10.0. The molecule has 6 rings (SSSR count). The monoisotopic (exact) mass is 550 g/mol. The Balaban J connectivity index is 1.14. The number of ether oxygens (including phenoxy) is 2. The molecule has 1 aromatic carbocycles. The Kier molecular flexibility index (Phi) is 6.61. The van der Waals surface area contributed by atoms with Gasteiger partial charge in [-0.25, -0.2) is 9.78 Å². The van der Waals surface area contributed by atoms with E-state index in [-0.39, 0.29) is 11.9 Å². The molecule has 0 spiro atoms. The molecule has 3 aliphatic heterocycles. The van der Waals surface area contributed by atoms with Gasteiger partial charge in [-0.15, -0.1) is 11.8 Å². The van der Waals surface area contributed by atoms with Crippen LogP contribution in [0.3, 0.4) is 0 Å². The molecule has 0 aliphatic carbocycles. The second-order valence-electron chi connectivity index (χ2n) is 9.55. The van der Waals surface area contributed by atoms with Crippen LogP contribution in [-0.4, -0.2) is 84.2 Å². The average Bonchev–Trinajstić information content (AvgIpc) is 3.54. The molecule has 0 saturated carbocycles. The van der Waals surface area contributed by atoms with E-state index in [1.54, 1.807) is 25.4 Å². The lowest BCUT2D eigenvalue weighted by Crippen LogP contribution is -2.43. The van der Waals surface area contributed by atoms with Gasteiger partial charge < -0.3 is 30.1 Å². The number of hydrogen-bond acceptors (Lipinski definition) is 10. The molecular weight excluding hydrogens is 524 g/mol. The molecule has 3 atom stereocenters. The van der Waals surface area contributed by atoms with Crippen LogP contribution in [-0.2, 0) is 14.3 Å². The minimum Gasteiger partial charge on any atom is -0.481 e. The topological polar surface area (TPSA) is 146 Å². The zero-order valence-corrected chi connectivity index (χ0v) is 21.8. The summed E-state index contributed by atoms with van der Waals surface area (Å²) in [6.45, 7) is 1.33. The van der Waals surface area contributed by atoms with E-state index in [4.69, 9.17) is 9.47 Å². The minimum atomic E-state index is -0.905. The highest BCUT2D eigenvalue weighted by Crippen LogP contribution is 2.36. The number of thioether (sulfide) groups is 1. The molecule has 0 bridgehead atoms. The molecule has 12 nitrogen and oxygen atoms in total. The molecule has 2 fully saturated rings. The van der Waals surface area contributed by atoms with E-state index in [0.717, 1.165) is 10.6 Å². The summed E-state index contributed by atoms with van der Waals surface area (Å²) in [5.74, 6) is -0.840. The number of hydrogen-bond donors (Lipinski definition) is 3. The summed E-state index contributed by atoms with van der Waals surface area (Å²) in [5.41, 5.74) is 3.42. The first-order valence-corrected chi connectivity index (χ1v) is 13.4. The number of pyridine rings is 2. The molecule has 39 heavy (non-hydrogen) atoms. The fraction of sp³-hybridized carbons (Fsp3) is 0.346. The van der Waals surface area contributed by atoms with Crippen molar-refractivity contribution in [2.45, 2.75) is 17.0 Å². The highest BCUT2D eigenvalue weighted by molar-refractivity contribution is 8.00. The van der Waals surface area contributed by atoms with E-state index in [0.29, 0.717) is 60.2 Å². The third-order valence-electron chi connectivity index (χ3n) is 7.11. The second-order valence-corrected chi connectivity index (χ2v) is 10.6. The molecule has 3 N–H and O–H groups in total. The molecule has 2 amide bonds. The minimum absolute atomic E-state index is 0.0796. The number of benzene rings is 1. The summed E-state index contributed by atoms with van der Waals surface area (Å²) in [7, 11) is 1.54. The predicted molar refractivity (Wildman–Crippen MR) is 145 cm³/mol. The maximum atomic E-state index is 12.7. The van der Waals surface area contributed by atoms with E-state index in [2.05, 4.69) is 20.6 Å². The van der Waals surface area contributed by atoms with E-state index < -0.39 is 24.1 Å². The van der Waals surface area contributed by atoms with Crippen LogP contribution in [0.1, 0.15) is 0 Å². The summed E-state index contributed by atoms with van der Waals surface area (Å²) in [4.78, 5) is 49.9. The van der Waals surface area contributed by atoms with Crippen molar-refractivity contribution < 1.29 is 29.0 Å². The fourth-order valence-electron chi connectivity index (χ4n) is 5.18. The Bertz CT molecular complexity index is 1470. The van der Waals surface area contributed by atoms with E-state index in [9.17, 15) is 19.5 Å². The Morgan fingerprint density at radius 2 is 2.10 bits per heavy atom. The Hall–Kier alpha value is -4.10. The van der Waals surface area contributed by atoms with Gasteiger partial charge in [-0.3, -0.25) is 19.5 Å². The summed E-state index contributed by atoms with van der Waals surface area (Å²) < 4.78 is 10.9. The number of rotatable bonds is 7. The zero-order chi connectivity index (χ0) is 27.1. The van der Waals surface area contributed by atoms with Crippen LogP contribution in [0.4, 0.5) is 21.9 Å². The first-order chi connectivity index (χ1) is 18.9. The van der Waals surface area contributed by atoms with Gasteiger partial charge in [-0.2, -0.15) is 0 Å². The molecule has 202 valence electrons. The zero-order valence-electron chi connectivity index (χ0n) is 21.0. The first-order valence-electron chi connectivity index (χ1n) is 12.5. The van der Waals surface area contributed by atoms with Gasteiger partial charge in [0.15, 0.2) is 0 Å². The van der Waals surface area contributed by atoms with Crippen LogP contribution in [0.15, 0.2) is 47.5 Å². The normalized spacial score (nSPS) is 22.5. The average molecular weight is 551 g/mol. The first kappa shape index (κ1) is 25.2. The van der Waals surface area contributed by atoms with Crippen molar-refractivity contribution in [3.8, 4) is 5.88 Å². The number of amides is 2. The summed E-state index contributed by atoms with van der Waals surface area (Å²) in [6.07, 6.45) is 0.732. The van der Waals surface area contributed by atoms with Crippen LogP contribution >= 0.6 is 11.8 Å². The molecule has 3 aliphatic rings. The second kappa shape index (κ2) is 10.2. The van der Waals surface area contributed by atoms with Gasteiger partial charge in [0.05, 0.1) is 42.2 Å². The van der Waals surface area contributed by atoms with Crippen molar-refractivity contribution in [1.29, 1.82) is 0 Å². The third kappa shape index (κ3) is 4.90. The van der Waals surface area contributed by atoms with Crippen LogP contribution < -0.4 is 25.2 Å². The van der Waals surface area contributed by atoms with Crippen molar-refractivity contribution in [2.24, 2.45) is 5.92 Å². The SMILES string of the molecule is COc1ccc2nccc(N3C[C@H](NC[C@@H]4CN(c5ccc6c(c5)NC(=O)CS6)C(=O)O4)[C@@H](C(=O)O)C3)c2n1. The van der Waals surface area contributed by atoms with Crippen LogP contribution in [0, 0.1) is 5.92 Å². The largest absolute Gasteiger partial charge is 0.481 e. The maximum absolute atomic E-state index is 12.7. The molecule has 2 aromatic heterocycles. The van der Waals surface area contributed by atoms with Crippen molar-refractivity contribution in [2.75, 3.05) is 54.2 Å². The highest BCUT2D eigenvalue weighted by Gasteiger charge is 2.40. The quantitative estimate of drug-likeness (QED) is 0.398. The fourth-order valence-corrected chi connectivity index (χ4v) is 5.97. The Labute approximate surface area is 227 Å². The Morgan fingerprint density at radius 3 is 2.92 bits per heavy atom. The van der Waals surface area contributed by atoms with Gasteiger partial charge >= 0.3 is 12.1 Å². The summed E-state index contributed by atoms with van der Waals surface area (Å²) in [5, 5.41) is 16.1. The number of carbonyl (C=O) groups excluding carboxylic acids is 2. The predicted octanol–water partition coefficient (Wildman–Crippen LogP) is 2.19. The lowest BCUT2D eigenvalue weighted by molar-refractivity contribution is -0.141.